The highest BCUT2D eigenvalue weighted by atomic mass is 16.6. The van der Waals surface area contributed by atoms with Gasteiger partial charge in [-0.2, -0.15) is 0 Å². The third-order valence-electron chi connectivity index (χ3n) is 3.99. The van der Waals surface area contributed by atoms with Gasteiger partial charge < -0.3 is 15.2 Å². The van der Waals surface area contributed by atoms with Crippen molar-refractivity contribution in [3.8, 4) is 11.3 Å². The first-order valence-electron chi connectivity index (χ1n) is 8.80. The molecule has 144 valence electrons. The summed E-state index contributed by atoms with van der Waals surface area (Å²) in [4.78, 5) is 27.9. The number of ether oxygens (including phenoxy) is 1. The maximum absolute atomic E-state index is 12.1. The van der Waals surface area contributed by atoms with Crippen molar-refractivity contribution in [1.29, 1.82) is 0 Å². The number of aromatic nitrogens is 1. The van der Waals surface area contributed by atoms with Crippen LogP contribution < -0.4 is 5.32 Å². The largest absolute Gasteiger partial charge is 0.481 e. The van der Waals surface area contributed by atoms with Crippen molar-refractivity contribution in [3.63, 3.8) is 0 Å². The van der Waals surface area contributed by atoms with E-state index in [0.717, 1.165) is 22.4 Å². The van der Waals surface area contributed by atoms with Crippen LogP contribution in [-0.4, -0.2) is 27.8 Å². The average Bonchev–Trinajstić information content (AvgIpc) is 2.52. The molecule has 2 aromatic rings. The van der Waals surface area contributed by atoms with Gasteiger partial charge in [-0.25, -0.2) is 4.79 Å². The van der Waals surface area contributed by atoms with Crippen LogP contribution in [0.3, 0.4) is 0 Å². The molecule has 2 rings (SSSR count). The lowest BCUT2D eigenvalue weighted by Crippen LogP contribution is -2.35. The minimum atomic E-state index is -1.01. The van der Waals surface area contributed by atoms with Gasteiger partial charge in [0.05, 0.1) is 18.2 Å². The van der Waals surface area contributed by atoms with E-state index in [9.17, 15) is 14.7 Å². The number of nitrogens with zero attached hydrogens (tertiary/aromatic N) is 1. The van der Waals surface area contributed by atoms with Gasteiger partial charge >= 0.3 is 12.1 Å². The zero-order valence-corrected chi connectivity index (χ0v) is 16.4. The van der Waals surface area contributed by atoms with Gasteiger partial charge in [0.25, 0.3) is 0 Å². The molecule has 0 fully saturated rings. The molecule has 0 aliphatic carbocycles. The fourth-order valence-corrected chi connectivity index (χ4v) is 2.90. The first-order valence-corrected chi connectivity index (χ1v) is 8.80. The van der Waals surface area contributed by atoms with Crippen LogP contribution in [0.4, 0.5) is 4.79 Å². The smallest absolute Gasteiger partial charge is 0.408 e. The Morgan fingerprint density at radius 3 is 2.37 bits per heavy atom. The second kappa shape index (κ2) is 8.20. The Labute approximate surface area is 159 Å². The van der Waals surface area contributed by atoms with Crippen LogP contribution in [0, 0.1) is 13.8 Å². The fraction of sp³-hybridized carbons (Fsp3) is 0.381. The molecule has 1 amide bonds. The molecule has 1 unspecified atom stereocenters. The van der Waals surface area contributed by atoms with Gasteiger partial charge in [0.2, 0.25) is 0 Å². The Morgan fingerprint density at radius 2 is 1.81 bits per heavy atom. The van der Waals surface area contributed by atoms with Crippen LogP contribution in [0.2, 0.25) is 0 Å². The maximum Gasteiger partial charge on any atom is 0.408 e. The second-order valence-electron chi connectivity index (χ2n) is 7.54. The zero-order chi connectivity index (χ0) is 20.2. The Hall–Kier alpha value is -2.89. The van der Waals surface area contributed by atoms with Crippen molar-refractivity contribution in [2.45, 2.75) is 52.7 Å². The molecule has 2 N–H and O–H groups in total. The topological polar surface area (TPSA) is 88.5 Å². The summed E-state index contributed by atoms with van der Waals surface area (Å²) in [7, 11) is 0. The molecule has 6 nitrogen and oxygen atoms in total. The lowest BCUT2D eigenvalue weighted by molar-refractivity contribution is -0.137. The Morgan fingerprint density at radius 1 is 1.19 bits per heavy atom. The molecule has 1 aromatic carbocycles. The van der Waals surface area contributed by atoms with Gasteiger partial charge in [0, 0.05) is 11.8 Å². The number of carboxylic acids is 1. The van der Waals surface area contributed by atoms with Crippen molar-refractivity contribution in [3.05, 3.63) is 53.2 Å². The van der Waals surface area contributed by atoms with Crippen LogP contribution in [0.25, 0.3) is 11.3 Å². The van der Waals surface area contributed by atoms with E-state index < -0.39 is 23.7 Å². The zero-order valence-electron chi connectivity index (χ0n) is 16.4. The number of amides is 1. The van der Waals surface area contributed by atoms with E-state index >= 15 is 0 Å². The van der Waals surface area contributed by atoms with Crippen molar-refractivity contribution in [2.24, 2.45) is 0 Å². The summed E-state index contributed by atoms with van der Waals surface area (Å²) in [5.74, 6) is -1.01. The molecular weight excluding hydrogens is 344 g/mol. The molecule has 0 aliphatic rings. The summed E-state index contributed by atoms with van der Waals surface area (Å²) in [5, 5.41) is 11.9. The summed E-state index contributed by atoms with van der Waals surface area (Å²) in [6, 6.07) is 8.80. The van der Waals surface area contributed by atoms with Crippen LogP contribution in [-0.2, 0) is 9.53 Å². The van der Waals surface area contributed by atoms with Crippen molar-refractivity contribution in [2.75, 3.05) is 0 Å². The molecule has 6 heteroatoms. The van der Waals surface area contributed by atoms with Gasteiger partial charge in [-0.3, -0.25) is 9.78 Å². The van der Waals surface area contributed by atoms with Crippen molar-refractivity contribution in [1.82, 2.24) is 10.3 Å². The minimum Gasteiger partial charge on any atom is -0.481 e. The number of carbonyl (C=O) groups excluding carboxylic acids is 1. The van der Waals surface area contributed by atoms with Crippen LogP contribution in [0.5, 0.6) is 0 Å². The van der Waals surface area contributed by atoms with Gasteiger partial charge in [-0.1, -0.05) is 18.2 Å². The predicted molar refractivity (Wildman–Crippen MR) is 104 cm³/mol. The fourth-order valence-electron chi connectivity index (χ4n) is 2.90. The summed E-state index contributed by atoms with van der Waals surface area (Å²) >= 11 is 0. The molecule has 0 aliphatic heterocycles. The molecule has 0 spiro atoms. The number of aryl methyl sites for hydroxylation is 2. The van der Waals surface area contributed by atoms with E-state index in [-0.39, 0.29) is 6.42 Å². The number of alkyl carbamates (subject to hydrolysis) is 1. The first-order chi connectivity index (χ1) is 12.6. The van der Waals surface area contributed by atoms with E-state index in [2.05, 4.69) is 10.3 Å². The molecule has 0 saturated heterocycles. The summed E-state index contributed by atoms with van der Waals surface area (Å²) in [6.45, 7) is 9.27. The first kappa shape index (κ1) is 20.4. The van der Waals surface area contributed by atoms with Crippen molar-refractivity contribution < 1.29 is 19.4 Å². The number of aliphatic carboxylic acids is 1. The minimum absolute atomic E-state index is 0.255. The molecule has 0 bridgehead atoms. The summed E-state index contributed by atoms with van der Waals surface area (Å²) in [5.41, 5.74) is 3.90. The maximum atomic E-state index is 12.1. The monoisotopic (exact) mass is 370 g/mol. The SMILES string of the molecule is Cc1cccc(C)c1-c1cc(C(CC(=O)O)NC(=O)OC(C)(C)C)ccn1. The number of nitrogens with one attached hydrogen (secondary N) is 1. The average molecular weight is 370 g/mol. The number of hydrogen-bond donors (Lipinski definition) is 2. The van der Waals surface area contributed by atoms with Gasteiger partial charge in [-0.15, -0.1) is 0 Å². The predicted octanol–water partition coefficient (Wildman–Crippen LogP) is 4.41. The van der Waals surface area contributed by atoms with E-state index in [1.165, 1.54) is 0 Å². The van der Waals surface area contributed by atoms with E-state index in [1.807, 2.05) is 38.1 Å². The Bertz CT molecular complexity index is 820. The Balaban J connectivity index is 2.36. The normalized spacial score (nSPS) is 12.3. The number of benzene rings is 1. The molecule has 1 aromatic heterocycles. The van der Waals surface area contributed by atoms with Crippen molar-refractivity contribution >= 4 is 12.1 Å². The molecule has 0 saturated carbocycles. The molecule has 0 radical (unpaired) electrons. The standard InChI is InChI=1S/C21H26N2O4/c1-13-7-6-8-14(2)19(13)17-11-15(9-10-22-17)16(12-18(24)25)23-20(26)27-21(3,4)5/h6-11,16H,12H2,1-5H3,(H,23,26)(H,24,25). The number of carboxylic acid groups (broad SMARTS) is 1. The Kier molecular flexibility index (Phi) is 6.20. The second-order valence-corrected chi connectivity index (χ2v) is 7.54. The number of hydrogen-bond acceptors (Lipinski definition) is 4. The summed E-state index contributed by atoms with van der Waals surface area (Å²) < 4.78 is 5.27. The highest BCUT2D eigenvalue weighted by Gasteiger charge is 2.23. The van der Waals surface area contributed by atoms with Gasteiger partial charge in [0.1, 0.15) is 5.60 Å². The van der Waals surface area contributed by atoms with E-state index in [1.54, 1.807) is 33.0 Å². The van der Waals surface area contributed by atoms with Crippen LogP contribution in [0.15, 0.2) is 36.5 Å². The molecule has 27 heavy (non-hydrogen) atoms. The van der Waals surface area contributed by atoms with Gasteiger partial charge in [-0.05, 0) is 63.4 Å². The van der Waals surface area contributed by atoms with Crippen LogP contribution >= 0.6 is 0 Å². The molecule has 1 atom stereocenters. The lowest BCUT2D eigenvalue weighted by Gasteiger charge is -2.23. The number of pyridine rings is 1. The highest BCUT2D eigenvalue weighted by molar-refractivity contribution is 5.73. The van der Waals surface area contributed by atoms with E-state index in [0.29, 0.717) is 5.56 Å². The number of carbonyl (C=O) groups is 2. The summed E-state index contributed by atoms with van der Waals surface area (Å²) in [6.07, 6.45) is 0.719. The van der Waals surface area contributed by atoms with Gasteiger partial charge in [0.15, 0.2) is 0 Å². The lowest BCUT2D eigenvalue weighted by atomic mass is 9.96. The third kappa shape index (κ3) is 5.81. The quantitative estimate of drug-likeness (QED) is 0.814. The van der Waals surface area contributed by atoms with E-state index in [4.69, 9.17) is 4.74 Å². The highest BCUT2D eigenvalue weighted by Crippen LogP contribution is 2.28. The molecule has 1 heterocycles. The number of rotatable bonds is 5. The third-order valence-corrected chi connectivity index (χ3v) is 3.99. The van der Waals surface area contributed by atoms with Crippen LogP contribution in [0.1, 0.15) is 49.9 Å². The molecular formula is C21H26N2O4.